The third kappa shape index (κ3) is 2.37. The molecule has 7 heteroatoms. The Balaban J connectivity index is 2.07. The van der Waals surface area contributed by atoms with Crippen molar-refractivity contribution >= 4 is 33.4 Å². The molecular formula is C15H17N5OS. The standard InChI is InChI=1S/C15H17N5OS/c1-7-6-11(12-9(3)19-20(5)13(12)16-7)14(21)18-15-17-8(2)10(4)22-15/h6H,1-5H3,(H,17,18,21). The molecule has 22 heavy (non-hydrogen) atoms. The Morgan fingerprint density at radius 1 is 1.18 bits per heavy atom. The molecule has 0 saturated carbocycles. The number of anilines is 1. The highest BCUT2D eigenvalue weighted by Gasteiger charge is 2.18. The zero-order valence-corrected chi connectivity index (χ0v) is 14.0. The van der Waals surface area contributed by atoms with Crippen LogP contribution >= 0.6 is 11.3 Å². The van der Waals surface area contributed by atoms with E-state index in [1.807, 2.05) is 34.7 Å². The van der Waals surface area contributed by atoms with Crippen LogP contribution in [0.15, 0.2) is 6.07 Å². The van der Waals surface area contributed by atoms with E-state index in [0.717, 1.165) is 27.3 Å². The molecule has 0 aliphatic carbocycles. The van der Waals surface area contributed by atoms with Crippen LogP contribution in [0.1, 0.15) is 32.3 Å². The van der Waals surface area contributed by atoms with Gasteiger partial charge in [-0.1, -0.05) is 0 Å². The molecule has 0 fully saturated rings. The first-order valence-corrected chi connectivity index (χ1v) is 7.75. The van der Waals surface area contributed by atoms with Crippen molar-refractivity contribution in [3.8, 4) is 0 Å². The summed E-state index contributed by atoms with van der Waals surface area (Å²) in [6.07, 6.45) is 0. The van der Waals surface area contributed by atoms with E-state index in [-0.39, 0.29) is 5.91 Å². The van der Waals surface area contributed by atoms with Gasteiger partial charge in [-0.25, -0.2) is 9.97 Å². The SMILES string of the molecule is Cc1cc(C(=O)Nc2nc(C)c(C)s2)c2c(C)nn(C)c2n1. The lowest BCUT2D eigenvalue weighted by atomic mass is 10.1. The third-order valence-corrected chi connectivity index (χ3v) is 4.58. The van der Waals surface area contributed by atoms with Gasteiger partial charge < -0.3 is 0 Å². The number of nitrogens with zero attached hydrogens (tertiary/aromatic N) is 4. The minimum atomic E-state index is -0.180. The van der Waals surface area contributed by atoms with Gasteiger partial charge in [0, 0.05) is 17.6 Å². The molecule has 0 saturated heterocycles. The van der Waals surface area contributed by atoms with Crippen LogP contribution < -0.4 is 5.32 Å². The van der Waals surface area contributed by atoms with E-state index in [4.69, 9.17) is 0 Å². The second-order valence-corrected chi connectivity index (χ2v) is 6.54. The van der Waals surface area contributed by atoms with E-state index < -0.39 is 0 Å². The number of amides is 1. The summed E-state index contributed by atoms with van der Waals surface area (Å²) >= 11 is 1.48. The van der Waals surface area contributed by atoms with Crippen LogP contribution in [0.3, 0.4) is 0 Å². The van der Waals surface area contributed by atoms with Crippen molar-refractivity contribution < 1.29 is 4.79 Å². The molecule has 3 rings (SSSR count). The monoisotopic (exact) mass is 315 g/mol. The summed E-state index contributed by atoms with van der Waals surface area (Å²) in [6.45, 7) is 7.67. The van der Waals surface area contributed by atoms with Gasteiger partial charge in [0.1, 0.15) is 0 Å². The number of rotatable bonds is 2. The summed E-state index contributed by atoms with van der Waals surface area (Å²) < 4.78 is 1.70. The molecule has 3 heterocycles. The van der Waals surface area contributed by atoms with Gasteiger partial charge in [0.05, 0.1) is 22.3 Å². The number of hydrogen-bond donors (Lipinski definition) is 1. The highest BCUT2D eigenvalue weighted by molar-refractivity contribution is 7.15. The quantitative estimate of drug-likeness (QED) is 0.789. The van der Waals surface area contributed by atoms with Crippen molar-refractivity contribution in [1.29, 1.82) is 0 Å². The van der Waals surface area contributed by atoms with Crippen molar-refractivity contribution in [2.24, 2.45) is 7.05 Å². The van der Waals surface area contributed by atoms with Crippen LogP contribution in [-0.4, -0.2) is 25.7 Å². The summed E-state index contributed by atoms with van der Waals surface area (Å²) in [7, 11) is 1.83. The number of hydrogen-bond acceptors (Lipinski definition) is 5. The fourth-order valence-electron chi connectivity index (χ4n) is 2.44. The first kappa shape index (κ1) is 14.6. The molecule has 0 spiro atoms. The number of carbonyl (C=O) groups is 1. The largest absolute Gasteiger partial charge is 0.298 e. The summed E-state index contributed by atoms with van der Waals surface area (Å²) in [4.78, 5) is 22.6. The average molecular weight is 315 g/mol. The molecule has 0 bridgehead atoms. The second kappa shape index (κ2) is 5.17. The maximum Gasteiger partial charge on any atom is 0.258 e. The summed E-state index contributed by atoms with van der Waals surface area (Å²) in [5.41, 5.74) is 3.82. The highest BCUT2D eigenvalue weighted by Crippen LogP contribution is 2.25. The number of aromatic nitrogens is 4. The highest BCUT2D eigenvalue weighted by atomic mass is 32.1. The zero-order chi connectivity index (χ0) is 16.0. The smallest absolute Gasteiger partial charge is 0.258 e. The number of fused-ring (bicyclic) bond motifs is 1. The Kier molecular flexibility index (Phi) is 3.44. The Morgan fingerprint density at radius 2 is 1.91 bits per heavy atom. The van der Waals surface area contributed by atoms with Gasteiger partial charge in [-0.05, 0) is 33.8 Å². The Labute approximate surface area is 132 Å². The Hall–Kier alpha value is -2.28. The normalized spacial score (nSPS) is 11.1. The van der Waals surface area contributed by atoms with Crippen LogP contribution in [0.25, 0.3) is 11.0 Å². The van der Waals surface area contributed by atoms with Gasteiger partial charge in [-0.2, -0.15) is 5.10 Å². The summed E-state index contributed by atoms with van der Waals surface area (Å²) in [6, 6.07) is 1.79. The Morgan fingerprint density at radius 3 is 2.55 bits per heavy atom. The van der Waals surface area contributed by atoms with E-state index in [0.29, 0.717) is 16.3 Å². The van der Waals surface area contributed by atoms with Gasteiger partial charge in [-0.3, -0.25) is 14.8 Å². The lowest BCUT2D eigenvalue weighted by Crippen LogP contribution is -2.13. The van der Waals surface area contributed by atoms with E-state index >= 15 is 0 Å². The molecule has 114 valence electrons. The van der Waals surface area contributed by atoms with Crippen molar-refractivity contribution in [1.82, 2.24) is 19.7 Å². The number of thiazole rings is 1. The van der Waals surface area contributed by atoms with Gasteiger partial charge in [0.15, 0.2) is 10.8 Å². The Bertz CT molecular complexity index is 874. The average Bonchev–Trinajstić information content (AvgIpc) is 2.89. The van der Waals surface area contributed by atoms with Crippen LogP contribution in [0.4, 0.5) is 5.13 Å². The number of nitrogens with one attached hydrogen (secondary N) is 1. The lowest BCUT2D eigenvalue weighted by molar-refractivity contribution is 0.102. The zero-order valence-electron chi connectivity index (χ0n) is 13.2. The molecule has 3 aromatic rings. The summed E-state index contributed by atoms with van der Waals surface area (Å²) in [5, 5.41) is 8.64. The number of carbonyl (C=O) groups excluding carboxylic acids is 1. The van der Waals surface area contributed by atoms with Crippen molar-refractivity contribution in [2.45, 2.75) is 27.7 Å². The van der Waals surface area contributed by atoms with Gasteiger partial charge in [0.25, 0.3) is 5.91 Å². The van der Waals surface area contributed by atoms with E-state index in [2.05, 4.69) is 20.4 Å². The molecule has 0 aliphatic heterocycles. The number of pyridine rings is 1. The van der Waals surface area contributed by atoms with Crippen LogP contribution in [0.2, 0.25) is 0 Å². The molecule has 0 radical (unpaired) electrons. The molecular weight excluding hydrogens is 298 g/mol. The predicted octanol–water partition coefficient (Wildman–Crippen LogP) is 2.91. The molecule has 0 aliphatic rings. The first-order valence-electron chi connectivity index (χ1n) is 6.93. The van der Waals surface area contributed by atoms with E-state index in [1.54, 1.807) is 10.7 Å². The van der Waals surface area contributed by atoms with Crippen LogP contribution in [0, 0.1) is 27.7 Å². The minimum absolute atomic E-state index is 0.180. The fourth-order valence-corrected chi connectivity index (χ4v) is 3.25. The first-order chi connectivity index (χ1) is 10.4. The second-order valence-electron chi connectivity index (χ2n) is 5.33. The maximum atomic E-state index is 12.7. The molecule has 0 atom stereocenters. The van der Waals surface area contributed by atoms with Crippen molar-refractivity contribution in [2.75, 3.05) is 5.32 Å². The van der Waals surface area contributed by atoms with E-state index in [9.17, 15) is 4.79 Å². The maximum absolute atomic E-state index is 12.7. The van der Waals surface area contributed by atoms with Gasteiger partial charge in [-0.15, -0.1) is 11.3 Å². The lowest BCUT2D eigenvalue weighted by Gasteiger charge is -2.05. The molecule has 3 aromatic heterocycles. The topological polar surface area (TPSA) is 72.7 Å². The third-order valence-electron chi connectivity index (χ3n) is 3.59. The van der Waals surface area contributed by atoms with Crippen LogP contribution in [-0.2, 0) is 7.05 Å². The molecule has 0 aromatic carbocycles. The molecule has 1 amide bonds. The van der Waals surface area contributed by atoms with Gasteiger partial charge in [0.2, 0.25) is 0 Å². The van der Waals surface area contributed by atoms with E-state index in [1.165, 1.54) is 11.3 Å². The molecule has 1 N–H and O–H groups in total. The molecule has 0 unspecified atom stereocenters. The van der Waals surface area contributed by atoms with Gasteiger partial charge >= 0.3 is 0 Å². The summed E-state index contributed by atoms with van der Waals surface area (Å²) in [5.74, 6) is -0.180. The van der Waals surface area contributed by atoms with Crippen molar-refractivity contribution in [3.05, 3.63) is 33.6 Å². The van der Waals surface area contributed by atoms with Crippen LogP contribution in [0.5, 0.6) is 0 Å². The predicted molar refractivity (Wildman–Crippen MR) is 87.5 cm³/mol. The van der Waals surface area contributed by atoms with Crippen molar-refractivity contribution in [3.63, 3.8) is 0 Å². The number of aryl methyl sites for hydroxylation is 5. The minimum Gasteiger partial charge on any atom is -0.298 e. The molecule has 6 nitrogen and oxygen atoms in total. The fraction of sp³-hybridized carbons (Fsp3) is 0.333.